The maximum absolute atomic E-state index is 8.66. The van der Waals surface area contributed by atoms with Crippen molar-refractivity contribution < 1.29 is 4.84 Å². The van der Waals surface area contributed by atoms with Crippen molar-refractivity contribution in [2.75, 3.05) is 13.1 Å². The van der Waals surface area contributed by atoms with Crippen molar-refractivity contribution in [3.63, 3.8) is 0 Å². The van der Waals surface area contributed by atoms with E-state index in [4.69, 9.17) is 10.1 Å². The summed E-state index contributed by atoms with van der Waals surface area (Å²) < 4.78 is 0. The van der Waals surface area contributed by atoms with Gasteiger partial charge in [-0.15, -0.1) is 12.4 Å². The Hall–Kier alpha value is -0.300. The van der Waals surface area contributed by atoms with Crippen molar-refractivity contribution in [3.05, 3.63) is 0 Å². The highest BCUT2D eigenvalue weighted by Crippen LogP contribution is 2.28. The molecule has 0 amide bonds. The lowest BCUT2D eigenvalue weighted by atomic mass is 10.0. The van der Waals surface area contributed by atoms with Gasteiger partial charge < -0.3 is 0 Å². The zero-order valence-corrected chi connectivity index (χ0v) is 7.01. The number of hydrogen-bond acceptors (Lipinski definition) is 3. The van der Waals surface area contributed by atoms with E-state index in [2.05, 4.69) is 6.07 Å². The Morgan fingerprint density at radius 1 is 1.55 bits per heavy atom. The molecule has 0 saturated carbocycles. The molecule has 2 aliphatic heterocycles. The van der Waals surface area contributed by atoms with Crippen LogP contribution in [-0.2, 0) is 4.84 Å². The summed E-state index contributed by atoms with van der Waals surface area (Å²) in [6.45, 7) is 1.83. The average molecular weight is 175 g/mol. The van der Waals surface area contributed by atoms with Gasteiger partial charge in [0.1, 0.15) is 0 Å². The molecule has 2 aliphatic rings. The van der Waals surface area contributed by atoms with E-state index in [0.717, 1.165) is 19.5 Å². The Morgan fingerprint density at radius 3 is 3.00 bits per heavy atom. The molecular weight excluding hydrogens is 164 g/mol. The molecule has 3 atom stereocenters. The van der Waals surface area contributed by atoms with Crippen LogP contribution in [0.15, 0.2) is 0 Å². The first-order valence-electron chi connectivity index (χ1n) is 3.71. The van der Waals surface area contributed by atoms with Gasteiger partial charge in [-0.25, -0.2) is 0 Å². The minimum Gasteiger partial charge on any atom is -0.294 e. The van der Waals surface area contributed by atoms with E-state index < -0.39 is 0 Å². The fourth-order valence-corrected chi connectivity index (χ4v) is 1.64. The second kappa shape index (κ2) is 3.40. The third-order valence-corrected chi connectivity index (χ3v) is 2.20. The van der Waals surface area contributed by atoms with Crippen LogP contribution in [0, 0.1) is 17.2 Å². The number of halogens is 1. The predicted octanol–water partition coefficient (Wildman–Crippen LogP) is 0.958. The molecule has 0 aromatic rings. The second-order valence-electron chi connectivity index (χ2n) is 2.91. The highest BCUT2D eigenvalue weighted by Gasteiger charge is 2.36. The minimum atomic E-state index is 0. The van der Waals surface area contributed by atoms with Gasteiger partial charge in [0.15, 0.2) is 0 Å². The van der Waals surface area contributed by atoms with Gasteiger partial charge in [-0.3, -0.25) is 4.84 Å². The van der Waals surface area contributed by atoms with Gasteiger partial charge in [0.25, 0.3) is 0 Å². The molecule has 2 saturated heterocycles. The number of hydrogen-bond donors (Lipinski definition) is 0. The monoisotopic (exact) mass is 174 g/mol. The van der Waals surface area contributed by atoms with Gasteiger partial charge in [0.05, 0.1) is 18.1 Å². The van der Waals surface area contributed by atoms with Crippen molar-refractivity contribution in [1.82, 2.24) is 5.06 Å². The van der Waals surface area contributed by atoms with Crippen LogP contribution in [0.1, 0.15) is 12.8 Å². The molecule has 0 aromatic heterocycles. The summed E-state index contributed by atoms with van der Waals surface area (Å²) in [7, 11) is 0. The molecule has 0 spiro atoms. The van der Waals surface area contributed by atoms with E-state index in [-0.39, 0.29) is 24.4 Å². The molecule has 62 valence electrons. The first-order chi connectivity index (χ1) is 4.90. The van der Waals surface area contributed by atoms with Crippen molar-refractivity contribution in [2.24, 2.45) is 5.92 Å². The summed E-state index contributed by atoms with van der Waals surface area (Å²) in [5.41, 5.74) is 0. The molecule has 3 nitrogen and oxygen atoms in total. The molecule has 4 heteroatoms. The van der Waals surface area contributed by atoms with E-state index >= 15 is 0 Å². The van der Waals surface area contributed by atoms with E-state index in [1.54, 1.807) is 0 Å². The topological polar surface area (TPSA) is 36.3 Å². The van der Waals surface area contributed by atoms with Crippen LogP contribution in [0.4, 0.5) is 0 Å². The standard InChI is InChI=1S/C7H10N2O.ClH/c8-4-6-5-9-3-1-2-7(6)10-9;/h6-7H,1-3,5H2;1H. The van der Waals surface area contributed by atoms with Gasteiger partial charge in [-0.05, 0) is 12.8 Å². The summed E-state index contributed by atoms with van der Waals surface area (Å²) in [5.74, 6) is 0.127. The molecule has 0 aromatic carbocycles. The fraction of sp³-hybridized carbons (Fsp3) is 0.857. The van der Waals surface area contributed by atoms with Crippen LogP contribution >= 0.6 is 12.4 Å². The van der Waals surface area contributed by atoms with Crippen molar-refractivity contribution in [2.45, 2.75) is 18.9 Å². The first-order valence-corrected chi connectivity index (χ1v) is 3.71. The largest absolute Gasteiger partial charge is 0.294 e. The van der Waals surface area contributed by atoms with Gasteiger partial charge in [-0.1, -0.05) is 0 Å². The number of nitrogens with zero attached hydrogens (tertiary/aromatic N) is 2. The first kappa shape index (κ1) is 8.79. The van der Waals surface area contributed by atoms with Crippen LogP contribution in [0.25, 0.3) is 0 Å². The lowest BCUT2D eigenvalue weighted by Gasteiger charge is -2.21. The number of hydroxylamine groups is 2. The third-order valence-electron chi connectivity index (χ3n) is 2.20. The van der Waals surface area contributed by atoms with Gasteiger partial charge >= 0.3 is 0 Å². The molecule has 2 rings (SSSR count). The maximum atomic E-state index is 8.66. The van der Waals surface area contributed by atoms with Crippen molar-refractivity contribution in [3.8, 4) is 6.07 Å². The molecule has 0 aliphatic carbocycles. The zero-order valence-electron chi connectivity index (χ0n) is 6.19. The highest BCUT2D eigenvalue weighted by molar-refractivity contribution is 5.85. The normalized spacial score (nSPS) is 40.8. The molecule has 0 radical (unpaired) electrons. The lowest BCUT2D eigenvalue weighted by Crippen LogP contribution is -2.25. The van der Waals surface area contributed by atoms with E-state index in [9.17, 15) is 0 Å². The zero-order chi connectivity index (χ0) is 6.97. The van der Waals surface area contributed by atoms with Crippen molar-refractivity contribution >= 4 is 12.4 Å². The third kappa shape index (κ3) is 1.48. The SMILES string of the molecule is Cl.N#CC1CN2CCCC1O2. The smallest absolute Gasteiger partial charge is 0.0964 e. The van der Waals surface area contributed by atoms with E-state index in [1.165, 1.54) is 6.42 Å². The van der Waals surface area contributed by atoms with E-state index in [1.807, 2.05) is 5.06 Å². The Morgan fingerprint density at radius 2 is 2.36 bits per heavy atom. The average Bonchev–Trinajstić information content (AvgIpc) is 2.26. The number of nitriles is 1. The molecule has 2 heterocycles. The van der Waals surface area contributed by atoms with Crippen LogP contribution in [0.5, 0.6) is 0 Å². The Kier molecular flexibility index (Phi) is 2.72. The molecular formula is C7H11ClN2O. The summed E-state index contributed by atoms with van der Waals surface area (Å²) in [5, 5.41) is 10.6. The Labute approximate surface area is 72.3 Å². The second-order valence-corrected chi connectivity index (χ2v) is 2.91. The number of rotatable bonds is 0. The lowest BCUT2D eigenvalue weighted by molar-refractivity contribution is -0.170. The summed E-state index contributed by atoms with van der Waals surface area (Å²) in [4.78, 5) is 5.41. The quantitative estimate of drug-likeness (QED) is 0.549. The predicted molar refractivity (Wildman–Crippen MR) is 42.0 cm³/mol. The highest BCUT2D eigenvalue weighted by atomic mass is 35.5. The summed E-state index contributed by atoms with van der Waals surface area (Å²) in [6, 6.07) is 2.27. The molecule has 2 fully saturated rings. The maximum Gasteiger partial charge on any atom is 0.0964 e. The number of fused-ring (bicyclic) bond motifs is 2. The Bertz CT molecular complexity index is 180. The molecule has 11 heavy (non-hydrogen) atoms. The van der Waals surface area contributed by atoms with Gasteiger partial charge in [0.2, 0.25) is 0 Å². The van der Waals surface area contributed by atoms with E-state index in [0.29, 0.717) is 0 Å². The van der Waals surface area contributed by atoms with Gasteiger partial charge in [-0.2, -0.15) is 10.3 Å². The van der Waals surface area contributed by atoms with Crippen LogP contribution < -0.4 is 0 Å². The summed E-state index contributed by atoms with van der Waals surface area (Å²) >= 11 is 0. The molecule has 0 N–H and O–H groups in total. The molecule has 2 bridgehead atoms. The van der Waals surface area contributed by atoms with Crippen LogP contribution in [-0.4, -0.2) is 24.3 Å². The van der Waals surface area contributed by atoms with Crippen LogP contribution in [0.2, 0.25) is 0 Å². The Balaban J connectivity index is 0.000000605. The fourth-order valence-electron chi connectivity index (χ4n) is 1.64. The minimum absolute atomic E-state index is 0. The van der Waals surface area contributed by atoms with Crippen LogP contribution in [0.3, 0.4) is 0 Å². The van der Waals surface area contributed by atoms with Gasteiger partial charge in [0, 0.05) is 13.1 Å². The van der Waals surface area contributed by atoms with Crippen molar-refractivity contribution in [1.29, 1.82) is 5.26 Å². The molecule has 3 unspecified atom stereocenters. The summed E-state index contributed by atoms with van der Waals surface area (Å²) in [6.07, 6.45) is 2.45.